The molecule has 1 saturated carbocycles. The number of para-hydroxylation sites is 1. The van der Waals surface area contributed by atoms with Crippen LogP contribution in [0.1, 0.15) is 36.5 Å². The first-order valence-corrected chi connectivity index (χ1v) is 7.34. The maximum absolute atomic E-state index is 11.0. The van der Waals surface area contributed by atoms with Gasteiger partial charge in [-0.1, -0.05) is 31.9 Å². The number of carboxylic acid groups (broad SMARTS) is 1. The molecule has 2 rings (SSSR count). The highest BCUT2D eigenvalue weighted by Gasteiger charge is 2.22. The summed E-state index contributed by atoms with van der Waals surface area (Å²) in [6.07, 6.45) is 4.00. The predicted octanol–water partition coefficient (Wildman–Crippen LogP) is 2.79. The molecule has 0 aromatic heterocycles. The maximum Gasteiger partial charge on any atom is 0.339 e. The van der Waals surface area contributed by atoms with E-state index >= 15 is 0 Å². The van der Waals surface area contributed by atoms with E-state index in [2.05, 4.69) is 12.2 Å². The van der Waals surface area contributed by atoms with Crippen molar-refractivity contribution in [3.8, 4) is 5.75 Å². The van der Waals surface area contributed by atoms with E-state index in [4.69, 9.17) is 9.84 Å². The molecule has 0 aliphatic heterocycles. The van der Waals surface area contributed by atoms with Crippen LogP contribution in [0.3, 0.4) is 0 Å². The van der Waals surface area contributed by atoms with Gasteiger partial charge in [0.15, 0.2) is 0 Å². The molecule has 4 heteroatoms. The van der Waals surface area contributed by atoms with Gasteiger partial charge in [0.25, 0.3) is 0 Å². The van der Waals surface area contributed by atoms with E-state index in [1.807, 2.05) is 0 Å². The molecule has 1 aliphatic rings. The molecule has 1 aromatic rings. The second-order valence-corrected chi connectivity index (χ2v) is 5.52. The molecule has 0 saturated heterocycles. The van der Waals surface area contributed by atoms with Crippen molar-refractivity contribution >= 4 is 5.97 Å². The minimum Gasteiger partial charge on any atom is -0.491 e. The highest BCUT2D eigenvalue weighted by molar-refractivity contribution is 5.90. The number of hydrogen-bond donors (Lipinski definition) is 2. The lowest BCUT2D eigenvalue weighted by atomic mass is 9.98. The molecular formula is C16H23NO3. The van der Waals surface area contributed by atoms with Crippen LogP contribution < -0.4 is 10.1 Å². The van der Waals surface area contributed by atoms with Gasteiger partial charge in [-0.05, 0) is 36.9 Å². The highest BCUT2D eigenvalue weighted by Crippen LogP contribution is 2.30. The third kappa shape index (κ3) is 3.97. The number of carboxylic acids is 1. The van der Waals surface area contributed by atoms with Crippen LogP contribution in [0.4, 0.5) is 0 Å². The zero-order valence-electron chi connectivity index (χ0n) is 12.0. The summed E-state index contributed by atoms with van der Waals surface area (Å²) in [5.74, 6) is 1.09. The summed E-state index contributed by atoms with van der Waals surface area (Å²) >= 11 is 0. The normalized spacial score (nSPS) is 21.9. The zero-order chi connectivity index (χ0) is 14.4. The summed E-state index contributed by atoms with van der Waals surface area (Å²) in [5, 5.41) is 12.4. The molecule has 0 bridgehead atoms. The van der Waals surface area contributed by atoms with Gasteiger partial charge in [0.05, 0.1) is 0 Å². The maximum atomic E-state index is 11.0. The predicted molar refractivity (Wildman–Crippen MR) is 78.3 cm³/mol. The lowest BCUT2D eigenvalue weighted by molar-refractivity contribution is 0.0692. The second-order valence-electron chi connectivity index (χ2n) is 5.52. The van der Waals surface area contributed by atoms with Crippen molar-refractivity contribution < 1.29 is 14.6 Å². The lowest BCUT2D eigenvalue weighted by Crippen LogP contribution is -2.28. The van der Waals surface area contributed by atoms with Crippen LogP contribution in [0.25, 0.3) is 0 Å². The van der Waals surface area contributed by atoms with Crippen molar-refractivity contribution in [3.63, 3.8) is 0 Å². The third-order valence-corrected chi connectivity index (χ3v) is 4.10. The van der Waals surface area contributed by atoms with Crippen molar-refractivity contribution in [2.24, 2.45) is 11.8 Å². The number of hydrogen-bond acceptors (Lipinski definition) is 3. The molecule has 1 fully saturated rings. The summed E-state index contributed by atoms with van der Waals surface area (Å²) < 4.78 is 5.55. The van der Waals surface area contributed by atoms with Crippen LogP contribution >= 0.6 is 0 Å². The Labute approximate surface area is 120 Å². The highest BCUT2D eigenvalue weighted by atomic mass is 16.5. The third-order valence-electron chi connectivity index (χ3n) is 4.10. The van der Waals surface area contributed by atoms with Crippen molar-refractivity contribution in [2.45, 2.75) is 26.2 Å². The van der Waals surface area contributed by atoms with E-state index in [1.165, 1.54) is 19.3 Å². The van der Waals surface area contributed by atoms with Crippen LogP contribution in [0.15, 0.2) is 24.3 Å². The number of ether oxygens (including phenoxy) is 1. The van der Waals surface area contributed by atoms with Gasteiger partial charge >= 0.3 is 5.97 Å². The zero-order valence-corrected chi connectivity index (χ0v) is 12.0. The summed E-state index contributed by atoms with van der Waals surface area (Å²) in [4.78, 5) is 11.0. The summed E-state index contributed by atoms with van der Waals surface area (Å²) in [7, 11) is 0. The van der Waals surface area contributed by atoms with Crippen LogP contribution in [0.5, 0.6) is 5.75 Å². The average Bonchev–Trinajstić information content (AvgIpc) is 2.84. The minimum absolute atomic E-state index is 0.219. The fourth-order valence-electron chi connectivity index (χ4n) is 2.82. The molecule has 0 spiro atoms. The Kier molecular flexibility index (Phi) is 5.41. The average molecular weight is 277 g/mol. The largest absolute Gasteiger partial charge is 0.491 e. The van der Waals surface area contributed by atoms with E-state index in [9.17, 15) is 4.79 Å². The fraction of sp³-hybridized carbons (Fsp3) is 0.562. The van der Waals surface area contributed by atoms with Gasteiger partial charge in [0.2, 0.25) is 0 Å². The first-order valence-electron chi connectivity index (χ1n) is 7.34. The molecule has 0 heterocycles. The molecule has 4 nitrogen and oxygen atoms in total. The molecule has 20 heavy (non-hydrogen) atoms. The SMILES string of the molecule is CC1CCCC1CNCCOc1ccccc1C(=O)O. The number of aromatic carboxylic acids is 1. The van der Waals surface area contributed by atoms with Gasteiger partial charge in [-0.2, -0.15) is 0 Å². The van der Waals surface area contributed by atoms with Crippen molar-refractivity contribution in [2.75, 3.05) is 19.7 Å². The number of nitrogens with one attached hydrogen (secondary N) is 1. The standard InChI is InChI=1S/C16H23NO3/c1-12-5-4-6-13(12)11-17-9-10-20-15-8-3-2-7-14(15)16(18)19/h2-3,7-8,12-13,17H,4-6,9-11H2,1H3,(H,18,19). The molecule has 2 N–H and O–H groups in total. The van der Waals surface area contributed by atoms with Crippen LogP contribution in [0.2, 0.25) is 0 Å². The number of rotatable bonds is 7. The quantitative estimate of drug-likeness (QED) is 0.752. The topological polar surface area (TPSA) is 58.6 Å². The van der Waals surface area contributed by atoms with Crippen molar-refractivity contribution in [1.29, 1.82) is 0 Å². The van der Waals surface area contributed by atoms with Gasteiger partial charge in [-0.15, -0.1) is 0 Å². The van der Waals surface area contributed by atoms with E-state index in [0.717, 1.165) is 24.9 Å². The molecule has 1 aliphatic carbocycles. The number of carbonyl (C=O) groups is 1. The molecule has 110 valence electrons. The van der Waals surface area contributed by atoms with Gasteiger partial charge < -0.3 is 15.2 Å². The van der Waals surface area contributed by atoms with Gasteiger partial charge in [-0.3, -0.25) is 0 Å². The van der Waals surface area contributed by atoms with E-state index in [0.29, 0.717) is 12.4 Å². The minimum atomic E-state index is -0.951. The Morgan fingerprint density at radius 2 is 2.20 bits per heavy atom. The fourth-order valence-corrected chi connectivity index (χ4v) is 2.82. The molecule has 2 unspecified atom stereocenters. The molecular weight excluding hydrogens is 254 g/mol. The molecule has 0 radical (unpaired) electrons. The van der Waals surface area contributed by atoms with Crippen LogP contribution in [0, 0.1) is 11.8 Å². The first-order chi connectivity index (χ1) is 9.68. The Morgan fingerprint density at radius 1 is 1.40 bits per heavy atom. The van der Waals surface area contributed by atoms with E-state index in [-0.39, 0.29) is 5.56 Å². The van der Waals surface area contributed by atoms with Crippen molar-refractivity contribution in [1.82, 2.24) is 5.32 Å². The summed E-state index contributed by atoms with van der Waals surface area (Å²) in [6, 6.07) is 6.75. The smallest absolute Gasteiger partial charge is 0.339 e. The van der Waals surface area contributed by atoms with Crippen LogP contribution in [-0.2, 0) is 0 Å². The van der Waals surface area contributed by atoms with Crippen molar-refractivity contribution in [3.05, 3.63) is 29.8 Å². The second kappa shape index (κ2) is 7.29. The summed E-state index contributed by atoms with van der Waals surface area (Å²) in [6.45, 7) is 4.59. The molecule has 1 aromatic carbocycles. The Balaban J connectivity index is 1.70. The first kappa shape index (κ1) is 14.9. The van der Waals surface area contributed by atoms with E-state index < -0.39 is 5.97 Å². The monoisotopic (exact) mass is 277 g/mol. The Morgan fingerprint density at radius 3 is 2.90 bits per heavy atom. The summed E-state index contributed by atoms with van der Waals surface area (Å²) in [5.41, 5.74) is 0.219. The number of benzene rings is 1. The van der Waals surface area contributed by atoms with Crippen LogP contribution in [-0.4, -0.2) is 30.8 Å². The molecule has 0 amide bonds. The Bertz CT molecular complexity index is 447. The molecule has 2 atom stereocenters. The van der Waals surface area contributed by atoms with Gasteiger partial charge in [0, 0.05) is 6.54 Å². The van der Waals surface area contributed by atoms with Gasteiger partial charge in [-0.25, -0.2) is 4.79 Å². The Hall–Kier alpha value is -1.55. The van der Waals surface area contributed by atoms with Gasteiger partial charge in [0.1, 0.15) is 17.9 Å². The lowest BCUT2D eigenvalue weighted by Gasteiger charge is -2.16. The van der Waals surface area contributed by atoms with E-state index in [1.54, 1.807) is 24.3 Å².